The Bertz CT molecular complexity index is 1500. The molecule has 5 rings (SSSR count). The molecule has 1 aliphatic heterocycles. The second-order valence-corrected chi connectivity index (χ2v) is 9.10. The Morgan fingerprint density at radius 1 is 1.08 bits per heavy atom. The molecule has 0 radical (unpaired) electrons. The van der Waals surface area contributed by atoms with Crippen molar-refractivity contribution in [2.45, 2.75) is 13.5 Å². The molecule has 0 saturated carbocycles. The summed E-state index contributed by atoms with van der Waals surface area (Å²) >= 11 is 0. The summed E-state index contributed by atoms with van der Waals surface area (Å²) in [4.78, 5) is 38.4. The van der Waals surface area contributed by atoms with Gasteiger partial charge in [-0.3, -0.25) is 9.59 Å². The molecule has 3 aromatic heterocycles. The zero-order valence-corrected chi connectivity index (χ0v) is 21.0. The molecule has 37 heavy (non-hydrogen) atoms. The summed E-state index contributed by atoms with van der Waals surface area (Å²) < 4.78 is 3.23. The molecule has 1 saturated heterocycles. The number of rotatable bonds is 7. The van der Waals surface area contributed by atoms with Crippen molar-refractivity contribution in [1.82, 2.24) is 24.2 Å². The summed E-state index contributed by atoms with van der Waals surface area (Å²) in [5.74, 6) is 0.653. The summed E-state index contributed by atoms with van der Waals surface area (Å²) in [6.07, 6.45) is 3.30. The van der Waals surface area contributed by atoms with Gasteiger partial charge < -0.3 is 20.4 Å². The summed E-state index contributed by atoms with van der Waals surface area (Å²) in [6.45, 7) is 9.63. The number of aromatic nitrogens is 4. The third kappa shape index (κ3) is 5.10. The average Bonchev–Trinajstić information content (AvgIpc) is 3.16. The second-order valence-electron chi connectivity index (χ2n) is 9.10. The number of nitrogens with one attached hydrogen (secondary N) is 2. The number of carbonyl (C=O) groups is 1. The molecule has 10 heteroatoms. The van der Waals surface area contributed by atoms with Gasteiger partial charge in [-0.25, -0.2) is 19.3 Å². The van der Waals surface area contributed by atoms with E-state index in [1.54, 1.807) is 35.2 Å². The van der Waals surface area contributed by atoms with Gasteiger partial charge in [0, 0.05) is 44.5 Å². The van der Waals surface area contributed by atoms with E-state index < -0.39 is 0 Å². The smallest absolute Gasteiger partial charge is 0.293 e. The van der Waals surface area contributed by atoms with Crippen molar-refractivity contribution in [3.05, 3.63) is 77.7 Å². The van der Waals surface area contributed by atoms with Crippen molar-refractivity contribution in [2.75, 3.05) is 48.8 Å². The second kappa shape index (κ2) is 10.3. The van der Waals surface area contributed by atoms with E-state index in [1.165, 1.54) is 17.3 Å². The van der Waals surface area contributed by atoms with E-state index in [-0.39, 0.29) is 18.0 Å². The van der Waals surface area contributed by atoms with E-state index in [0.717, 1.165) is 37.6 Å². The number of anilines is 4. The minimum atomic E-state index is -0.246. The monoisotopic (exact) mass is 498 g/mol. The summed E-state index contributed by atoms with van der Waals surface area (Å²) in [5.41, 5.74) is 3.53. The number of hydrogen-bond donors (Lipinski definition) is 2. The number of carbonyl (C=O) groups excluding carboxylic acids is 1. The van der Waals surface area contributed by atoms with Gasteiger partial charge in [0.25, 0.3) is 5.56 Å². The molecule has 0 unspecified atom stereocenters. The van der Waals surface area contributed by atoms with Gasteiger partial charge in [0.2, 0.25) is 5.91 Å². The average molecular weight is 499 g/mol. The quantitative estimate of drug-likeness (QED) is 0.378. The maximum Gasteiger partial charge on any atom is 0.293 e. The highest BCUT2D eigenvalue weighted by Crippen LogP contribution is 2.25. The third-order valence-corrected chi connectivity index (χ3v) is 6.36. The predicted molar refractivity (Wildman–Crippen MR) is 147 cm³/mol. The Morgan fingerprint density at radius 3 is 2.54 bits per heavy atom. The number of likely N-dealkylation sites (N-methyl/N-ethyl adjacent to an activating group) is 1. The van der Waals surface area contributed by atoms with Crippen LogP contribution >= 0.6 is 0 Å². The SMILES string of the molecule is C=CCn1c(=O)c2ncc(Nc3ccc(N4CCN(C)CC4)cc3)cc2n1-c1cccc(NC(C)=O)n1. The molecule has 1 fully saturated rings. The molecule has 1 amide bonds. The van der Waals surface area contributed by atoms with E-state index >= 15 is 0 Å². The Balaban J connectivity index is 1.48. The number of hydrogen-bond acceptors (Lipinski definition) is 7. The number of pyridine rings is 2. The molecule has 2 N–H and O–H groups in total. The Labute approximate surface area is 214 Å². The molecular formula is C27H30N8O2. The van der Waals surface area contributed by atoms with Gasteiger partial charge >= 0.3 is 0 Å². The molecule has 4 heterocycles. The summed E-state index contributed by atoms with van der Waals surface area (Å²) in [5, 5.41) is 6.09. The molecule has 4 aromatic rings. The first-order valence-corrected chi connectivity index (χ1v) is 12.2. The van der Waals surface area contributed by atoms with Crippen molar-refractivity contribution in [2.24, 2.45) is 0 Å². The standard InChI is InChI=1S/C27H30N8O2/c1-4-12-34-27(37)26-23(35(34)25-7-5-6-24(31-25)29-19(2)36)17-21(18-28-26)30-20-8-10-22(11-9-20)33-15-13-32(3)14-16-33/h4-11,17-18,30H,1,12-16H2,2-3H3,(H,29,31,36). The van der Waals surface area contributed by atoms with E-state index in [4.69, 9.17) is 0 Å². The molecule has 0 spiro atoms. The van der Waals surface area contributed by atoms with Gasteiger partial charge in [-0.1, -0.05) is 12.1 Å². The normalized spacial score (nSPS) is 14.1. The van der Waals surface area contributed by atoms with Crippen LogP contribution in [0.5, 0.6) is 0 Å². The van der Waals surface area contributed by atoms with E-state index in [9.17, 15) is 9.59 Å². The number of nitrogens with zero attached hydrogens (tertiary/aromatic N) is 6. The first-order chi connectivity index (χ1) is 17.9. The fourth-order valence-corrected chi connectivity index (χ4v) is 4.50. The number of benzene rings is 1. The predicted octanol–water partition coefficient (Wildman–Crippen LogP) is 3.22. The Morgan fingerprint density at radius 2 is 1.84 bits per heavy atom. The van der Waals surface area contributed by atoms with Gasteiger partial charge in [0.15, 0.2) is 11.3 Å². The maximum atomic E-state index is 13.2. The van der Waals surface area contributed by atoms with Crippen molar-refractivity contribution in [3.8, 4) is 5.82 Å². The Hall–Kier alpha value is -4.44. The largest absolute Gasteiger partial charge is 0.369 e. The van der Waals surface area contributed by atoms with Crippen LogP contribution in [-0.4, -0.2) is 63.4 Å². The van der Waals surface area contributed by atoms with Crippen LogP contribution in [0.3, 0.4) is 0 Å². The van der Waals surface area contributed by atoms with E-state index in [2.05, 4.69) is 56.2 Å². The molecule has 1 aromatic carbocycles. The van der Waals surface area contributed by atoms with Crippen molar-refractivity contribution in [1.29, 1.82) is 0 Å². The van der Waals surface area contributed by atoms with Crippen LogP contribution in [0.15, 0.2) is 72.2 Å². The summed E-state index contributed by atoms with van der Waals surface area (Å²) in [6, 6.07) is 15.5. The fraction of sp³-hybridized carbons (Fsp3) is 0.259. The number of fused-ring (bicyclic) bond motifs is 1. The third-order valence-electron chi connectivity index (χ3n) is 6.36. The minimum Gasteiger partial charge on any atom is -0.369 e. The van der Waals surface area contributed by atoms with Gasteiger partial charge in [0.1, 0.15) is 5.82 Å². The topological polar surface area (TPSA) is 100 Å². The molecular weight excluding hydrogens is 468 g/mol. The number of allylic oxidation sites excluding steroid dienone is 1. The lowest BCUT2D eigenvalue weighted by atomic mass is 10.2. The molecule has 1 aliphatic rings. The van der Waals surface area contributed by atoms with Crippen LogP contribution < -0.4 is 21.1 Å². The van der Waals surface area contributed by atoms with Gasteiger partial charge in [0.05, 0.1) is 23.9 Å². The van der Waals surface area contributed by atoms with E-state index in [1.807, 2.05) is 18.2 Å². The van der Waals surface area contributed by atoms with Crippen LogP contribution in [0.25, 0.3) is 16.9 Å². The van der Waals surface area contributed by atoms with Crippen LogP contribution in [0.1, 0.15) is 6.92 Å². The minimum absolute atomic E-state index is 0.225. The Kier molecular flexibility index (Phi) is 6.74. The lowest BCUT2D eigenvalue weighted by molar-refractivity contribution is -0.114. The maximum absolute atomic E-state index is 13.2. The highest BCUT2D eigenvalue weighted by atomic mass is 16.1. The lowest BCUT2D eigenvalue weighted by Gasteiger charge is -2.34. The van der Waals surface area contributed by atoms with Crippen LogP contribution in [0.4, 0.5) is 22.9 Å². The van der Waals surface area contributed by atoms with Gasteiger partial charge in [-0.2, -0.15) is 0 Å². The van der Waals surface area contributed by atoms with E-state index in [0.29, 0.717) is 22.7 Å². The van der Waals surface area contributed by atoms with Crippen LogP contribution in [0, 0.1) is 0 Å². The molecule has 0 aliphatic carbocycles. The zero-order chi connectivity index (χ0) is 25.9. The molecule has 190 valence electrons. The lowest BCUT2D eigenvalue weighted by Crippen LogP contribution is -2.44. The first-order valence-electron chi connectivity index (χ1n) is 12.2. The number of piperazine rings is 1. The first kappa shape index (κ1) is 24.3. The highest BCUT2D eigenvalue weighted by Gasteiger charge is 2.18. The molecule has 0 atom stereocenters. The molecule has 10 nitrogen and oxygen atoms in total. The van der Waals surface area contributed by atoms with Crippen LogP contribution in [-0.2, 0) is 11.3 Å². The summed E-state index contributed by atoms with van der Waals surface area (Å²) in [7, 11) is 2.15. The zero-order valence-electron chi connectivity index (χ0n) is 21.0. The highest BCUT2D eigenvalue weighted by molar-refractivity contribution is 5.87. The fourth-order valence-electron chi connectivity index (χ4n) is 4.50. The van der Waals surface area contributed by atoms with Crippen molar-refractivity contribution >= 4 is 39.8 Å². The van der Waals surface area contributed by atoms with Crippen molar-refractivity contribution < 1.29 is 4.79 Å². The van der Waals surface area contributed by atoms with Gasteiger partial charge in [-0.05, 0) is 49.5 Å². The van der Waals surface area contributed by atoms with Gasteiger partial charge in [-0.15, -0.1) is 6.58 Å². The molecule has 0 bridgehead atoms. The van der Waals surface area contributed by atoms with Crippen molar-refractivity contribution in [3.63, 3.8) is 0 Å². The number of amides is 1. The van der Waals surface area contributed by atoms with Crippen LogP contribution in [0.2, 0.25) is 0 Å².